The molecule has 2 nitrogen and oxygen atoms in total. The standard InChI is InChI=1S/C10H18N2S2/c1-3-8-5-14-10(11-8)12-9-6-13-4-7(9)2/h7-9H,3-6H2,1-2H3,(H,11,12). The minimum Gasteiger partial charge on any atom is -0.361 e. The highest BCUT2D eigenvalue weighted by molar-refractivity contribution is 8.14. The lowest BCUT2D eigenvalue weighted by Gasteiger charge is -2.10. The Hall–Kier alpha value is 0.170. The van der Waals surface area contributed by atoms with Crippen molar-refractivity contribution in [2.75, 3.05) is 17.3 Å². The van der Waals surface area contributed by atoms with E-state index in [0.29, 0.717) is 12.1 Å². The fraction of sp³-hybridized carbons (Fsp3) is 0.900. The SMILES string of the molecule is CCC1CSC(=NC2CSCC2C)N1. The zero-order valence-electron chi connectivity index (χ0n) is 8.82. The lowest BCUT2D eigenvalue weighted by atomic mass is 10.1. The predicted molar refractivity (Wildman–Crippen MR) is 67.4 cm³/mol. The maximum absolute atomic E-state index is 4.80. The third-order valence-corrected chi connectivity index (χ3v) is 5.26. The number of nitrogens with zero attached hydrogens (tertiary/aromatic N) is 1. The lowest BCUT2D eigenvalue weighted by Crippen LogP contribution is -2.27. The molecule has 0 aliphatic carbocycles. The first-order valence-electron chi connectivity index (χ1n) is 5.34. The summed E-state index contributed by atoms with van der Waals surface area (Å²) in [5.74, 6) is 4.45. The van der Waals surface area contributed by atoms with Gasteiger partial charge in [-0.3, -0.25) is 4.99 Å². The molecule has 2 aliphatic rings. The highest BCUT2D eigenvalue weighted by atomic mass is 32.2. The van der Waals surface area contributed by atoms with Crippen molar-refractivity contribution in [2.45, 2.75) is 32.4 Å². The van der Waals surface area contributed by atoms with Gasteiger partial charge in [0.1, 0.15) is 0 Å². The second kappa shape index (κ2) is 4.79. The van der Waals surface area contributed by atoms with Gasteiger partial charge in [0.05, 0.1) is 6.04 Å². The summed E-state index contributed by atoms with van der Waals surface area (Å²) in [5, 5.41) is 4.68. The first kappa shape index (κ1) is 10.7. The van der Waals surface area contributed by atoms with Crippen molar-refractivity contribution < 1.29 is 0 Å². The molecule has 0 radical (unpaired) electrons. The van der Waals surface area contributed by atoms with Crippen molar-refractivity contribution in [2.24, 2.45) is 10.9 Å². The van der Waals surface area contributed by atoms with Crippen LogP contribution in [0.3, 0.4) is 0 Å². The predicted octanol–water partition coefficient (Wildman–Crippen LogP) is 2.21. The summed E-state index contributed by atoms with van der Waals surface area (Å²) in [6.07, 6.45) is 1.21. The summed E-state index contributed by atoms with van der Waals surface area (Å²) in [7, 11) is 0. The third-order valence-electron chi connectivity index (χ3n) is 2.85. The van der Waals surface area contributed by atoms with E-state index in [0.717, 1.165) is 5.92 Å². The molecule has 3 unspecified atom stereocenters. The van der Waals surface area contributed by atoms with E-state index in [-0.39, 0.29) is 0 Å². The molecule has 0 saturated carbocycles. The Morgan fingerprint density at radius 1 is 1.43 bits per heavy atom. The molecular weight excluding hydrogens is 212 g/mol. The van der Waals surface area contributed by atoms with Crippen LogP contribution >= 0.6 is 23.5 Å². The van der Waals surface area contributed by atoms with Crippen molar-refractivity contribution in [1.82, 2.24) is 5.32 Å². The molecule has 2 heterocycles. The van der Waals surface area contributed by atoms with Gasteiger partial charge in [-0.1, -0.05) is 25.6 Å². The van der Waals surface area contributed by atoms with Crippen LogP contribution in [0.4, 0.5) is 0 Å². The topological polar surface area (TPSA) is 24.4 Å². The zero-order chi connectivity index (χ0) is 9.97. The number of hydrogen-bond acceptors (Lipinski definition) is 3. The Balaban J connectivity index is 1.91. The van der Waals surface area contributed by atoms with Gasteiger partial charge in [0, 0.05) is 17.5 Å². The van der Waals surface area contributed by atoms with Crippen molar-refractivity contribution in [3.8, 4) is 0 Å². The summed E-state index contributed by atoms with van der Waals surface area (Å²) in [6.45, 7) is 4.54. The average Bonchev–Trinajstić information content (AvgIpc) is 2.77. The summed E-state index contributed by atoms with van der Waals surface area (Å²) >= 11 is 3.93. The van der Waals surface area contributed by atoms with Gasteiger partial charge in [-0.05, 0) is 18.1 Å². The Kier molecular flexibility index (Phi) is 3.66. The number of hydrogen-bond donors (Lipinski definition) is 1. The molecule has 0 aromatic heterocycles. The van der Waals surface area contributed by atoms with Crippen molar-refractivity contribution in [3.05, 3.63) is 0 Å². The smallest absolute Gasteiger partial charge is 0.157 e. The van der Waals surface area contributed by atoms with Crippen molar-refractivity contribution in [3.63, 3.8) is 0 Å². The average molecular weight is 230 g/mol. The molecule has 0 spiro atoms. The molecule has 0 aromatic carbocycles. The number of amidine groups is 1. The number of nitrogens with one attached hydrogen (secondary N) is 1. The van der Waals surface area contributed by atoms with Crippen molar-refractivity contribution >= 4 is 28.7 Å². The number of thioether (sulfide) groups is 2. The van der Waals surface area contributed by atoms with Crippen LogP contribution in [0.25, 0.3) is 0 Å². The van der Waals surface area contributed by atoms with Crippen LogP contribution in [-0.2, 0) is 0 Å². The molecule has 14 heavy (non-hydrogen) atoms. The van der Waals surface area contributed by atoms with Gasteiger partial charge in [0.15, 0.2) is 5.17 Å². The first-order valence-corrected chi connectivity index (χ1v) is 7.48. The minimum absolute atomic E-state index is 0.561. The van der Waals surface area contributed by atoms with E-state index in [1.165, 1.54) is 28.8 Å². The first-order chi connectivity index (χ1) is 6.79. The molecule has 3 atom stereocenters. The normalized spacial score (nSPS) is 40.4. The fourth-order valence-corrected chi connectivity index (χ4v) is 4.21. The lowest BCUT2D eigenvalue weighted by molar-refractivity contribution is 0.565. The molecule has 0 amide bonds. The molecule has 2 rings (SSSR count). The van der Waals surface area contributed by atoms with Gasteiger partial charge in [0.2, 0.25) is 0 Å². The van der Waals surface area contributed by atoms with Crippen molar-refractivity contribution in [1.29, 1.82) is 0 Å². The van der Waals surface area contributed by atoms with Crippen LogP contribution in [0.2, 0.25) is 0 Å². The Morgan fingerprint density at radius 2 is 2.29 bits per heavy atom. The van der Waals surface area contributed by atoms with E-state index in [9.17, 15) is 0 Å². The monoisotopic (exact) mass is 230 g/mol. The Morgan fingerprint density at radius 3 is 2.86 bits per heavy atom. The van der Waals surface area contributed by atoms with Crippen LogP contribution in [0.1, 0.15) is 20.3 Å². The maximum Gasteiger partial charge on any atom is 0.157 e. The zero-order valence-corrected chi connectivity index (χ0v) is 10.5. The van der Waals surface area contributed by atoms with E-state index < -0.39 is 0 Å². The molecule has 1 N–H and O–H groups in total. The van der Waals surface area contributed by atoms with Gasteiger partial charge >= 0.3 is 0 Å². The molecule has 80 valence electrons. The summed E-state index contributed by atoms with van der Waals surface area (Å²) in [4.78, 5) is 4.80. The highest BCUT2D eigenvalue weighted by Crippen LogP contribution is 2.27. The summed E-state index contributed by atoms with van der Waals surface area (Å²) in [6, 6.07) is 1.22. The van der Waals surface area contributed by atoms with E-state index in [2.05, 4.69) is 19.2 Å². The van der Waals surface area contributed by atoms with Crippen LogP contribution in [0, 0.1) is 5.92 Å². The van der Waals surface area contributed by atoms with Gasteiger partial charge in [-0.2, -0.15) is 11.8 Å². The molecule has 0 bridgehead atoms. The fourth-order valence-electron chi connectivity index (χ4n) is 1.70. The molecule has 2 aliphatic heterocycles. The summed E-state index contributed by atoms with van der Waals surface area (Å²) in [5.41, 5.74) is 0. The van der Waals surface area contributed by atoms with E-state index in [1.54, 1.807) is 0 Å². The Labute approximate surface area is 94.7 Å². The molecule has 2 saturated heterocycles. The van der Waals surface area contributed by atoms with Gasteiger partial charge in [-0.15, -0.1) is 0 Å². The van der Waals surface area contributed by atoms with E-state index in [4.69, 9.17) is 4.99 Å². The number of aliphatic imine (C=N–C) groups is 1. The number of rotatable bonds is 2. The molecule has 2 fully saturated rings. The second-order valence-electron chi connectivity index (χ2n) is 4.08. The van der Waals surface area contributed by atoms with Gasteiger partial charge in [-0.25, -0.2) is 0 Å². The molecule has 0 aromatic rings. The third kappa shape index (κ3) is 2.40. The second-order valence-corrected chi connectivity index (χ2v) is 6.16. The van der Waals surface area contributed by atoms with Gasteiger partial charge in [0.25, 0.3) is 0 Å². The summed E-state index contributed by atoms with van der Waals surface area (Å²) < 4.78 is 0. The minimum atomic E-state index is 0.561. The Bertz CT molecular complexity index is 230. The van der Waals surface area contributed by atoms with Crippen LogP contribution < -0.4 is 5.32 Å². The highest BCUT2D eigenvalue weighted by Gasteiger charge is 2.26. The molecule has 4 heteroatoms. The van der Waals surface area contributed by atoms with Crippen LogP contribution in [0.5, 0.6) is 0 Å². The van der Waals surface area contributed by atoms with E-state index >= 15 is 0 Å². The largest absolute Gasteiger partial charge is 0.361 e. The van der Waals surface area contributed by atoms with Crippen LogP contribution in [0.15, 0.2) is 4.99 Å². The van der Waals surface area contributed by atoms with Crippen LogP contribution in [-0.4, -0.2) is 34.5 Å². The van der Waals surface area contributed by atoms with Gasteiger partial charge < -0.3 is 5.32 Å². The maximum atomic E-state index is 4.80. The quantitative estimate of drug-likeness (QED) is 0.787. The molecular formula is C10H18N2S2. The van der Waals surface area contributed by atoms with E-state index in [1.807, 2.05) is 23.5 Å².